The number of rotatable bonds is 27. The fraction of sp³-hybridized carbons (Fsp3) is 0.763. The molecule has 6 unspecified atom stereocenters. The lowest BCUT2D eigenvalue weighted by atomic mass is 9.84. The molecule has 0 aliphatic heterocycles. The number of carbonyl (C=O) groups is 9. The molecule has 0 spiro atoms. The Balaban J connectivity index is 3.40. The van der Waals surface area contributed by atoms with E-state index < -0.39 is 146 Å². The van der Waals surface area contributed by atoms with E-state index in [1.807, 2.05) is 0 Å². The van der Waals surface area contributed by atoms with E-state index in [9.17, 15) is 67.3 Å². The lowest BCUT2D eigenvalue weighted by Gasteiger charge is -2.30. The fourth-order valence-corrected chi connectivity index (χ4v) is 6.56. The van der Waals surface area contributed by atoms with Gasteiger partial charge in [0.05, 0.1) is 18.5 Å². The first-order valence-corrected chi connectivity index (χ1v) is 19.8. The minimum atomic E-state index is -2.93. The third-order valence-electron chi connectivity index (χ3n) is 9.61. The van der Waals surface area contributed by atoms with Gasteiger partial charge in [0.15, 0.2) is 5.78 Å². The van der Waals surface area contributed by atoms with E-state index in [0.717, 1.165) is 19.3 Å². The Morgan fingerprint density at radius 2 is 1.02 bits per heavy atom. The van der Waals surface area contributed by atoms with Crippen molar-refractivity contribution in [3.8, 4) is 0 Å². The number of aliphatic carboxylic acids is 3. The molecule has 18 nitrogen and oxygen atoms in total. The number of Topliss-reactive ketones (excluding diaryl/α,β-unsaturated/α-hetero) is 1. The summed E-state index contributed by atoms with van der Waals surface area (Å²) in [7, 11) is 0. The zero-order valence-electron chi connectivity index (χ0n) is 34.1. The van der Waals surface area contributed by atoms with E-state index in [1.54, 1.807) is 13.8 Å². The quantitative estimate of drug-likeness (QED) is 0.0568. The summed E-state index contributed by atoms with van der Waals surface area (Å²) in [4.78, 5) is 115. The monoisotopic (exact) mass is 832 g/mol. The van der Waals surface area contributed by atoms with Gasteiger partial charge in [-0.05, 0) is 31.1 Å². The number of alkyl halides is 2. The molecule has 0 bridgehead atoms. The van der Waals surface area contributed by atoms with Gasteiger partial charge in [-0.3, -0.25) is 43.2 Å². The molecule has 6 atom stereocenters. The van der Waals surface area contributed by atoms with E-state index in [1.165, 1.54) is 27.7 Å². The van der Waals surface area contributed by atoms with Crippen molar-refractivity contribution in [2.24, 2.45) is 17.8 Å². The Kier molecular flexibility index (Phi) is 22.6. The average Bonchev–Trinajstić information content (AvgIpc) is 3.11. The van der Waals surface area contributed by atoms with Crippen LogP contribution in [0.3, 0.4) is 0 Å². The highest BCUT2D eigenvalue weighted by atomic mass is 19.3. The highest BCUT2D eigenvalue weighted by Gasteiger charge is 2.36. The molecule has 0 saturated heterocycles. The van der Waals surface area contributed by atoms with Crippen LogP contribution in [0.4, 0.5) is 8.78 Å². The van der Waals surface area contributed by atoms with Gasteiger partial charge >= 0.3 is 17.9 Å². The zero-order chi connectivity index (χ0) is 44.3. The maximum Gasteiger partial charge on any atom is 0.305 e. The van der Waals surface area contributed by atoms with Crippen LogP contribution in [0.25, 0.3) is 0 Å². The number of halogens is 2. The molecule has 0 aromatic rings. The molecule has 0 aromatic carbocycles. The number of hydrogen-bond donors (Lipinski definition) is 9. The van der Waals surface area contributed by atoms with Crippen LogP contribution in [-0.2, 0) is 43.2 Å². The first kappa shape index (κ1) is 51.3. The molecule has 1 fully saturated rings. The van der Waals surface area contributed by atoms with Crippen LogP contribution in [-0.4, -0.2) is 117 Å². The molecule has 20 heteroatoms. The summed E-state index contributed by atoms with van der Waals surface area (Å²) < 4.78 is 26.9. The molecular weight excluding hydrogens is 770 g/mol. The van der Waals surface area contributed by atoms with Crippen molar-refractivity contribution in [3.63, 3.8) is 0 Å². The van der Waals surface area contributed by atoms with Crippen molar-refractivity contribution in [1.82, 2.24) is 31.9 Å². The topological polar surface area (TPSA) is 286 Å². The van der Waals surface area contributed by atoms with Crippen LogP contribution in [0.2, 0.25) is 0 Å². The number of amides is 5. The average molecular weight is 833 g/mol. The minimum absolute atomic E-state index is 0.0538. The van der Waals surface area contributed by atoms with E-state index in [2.05, 4.69) is 31.9 Å². The Morgan fingerprint density at radius 1 is 0.569 bits per heavy atom. The van der Waals surface area contributed by atoms with Gasteiger partial charge in [-0.25, -0.2) is 8.78 Å². The molecule has 1 rings (SSSR count). The first-order chi connectivity index (χ1) is 27.0. The normalized spacial score (nSPS) is 16.4. The SMILES string of the molecule is CC(C)NC(CC(=O)O)C(=O)NC(CCC(=O)O)C(=O)NC(C(=O)NC(CCC(=O)O)C(=O)NC(CC1CCCCC1)C(=O)NC(CC(F)F)C(=O)C(C)C)C(C)C. The highest BCUT2D eigenvalue weighted by Crippen LogP contribution is 2.28. The van der Waals surface area contributed by atoms with Crippen LogP contribution < -0.4 is 31.9 Å². The van der Waals surface area contributed by atoms with Gasteiger partial charge in [-0.1, -0.05) is 73.6 Å². The second-order valence-corrected chi connectivity index (χ2v) is 15.7. The number of carboxylic acids is 3. The molecule has 0 heterocycles. The summed E-state index contributed by atoms with van der Waals surface area (Å²) in [6.45, 7) is 9.34. The third kappa shape index (κ3) is 19.6. The van der Waals surface area contributed by atoms with Crippen LogP contribution in [0.1, 0.15) is 119 Å². The summed E-state index contributed by atoms with van der Waals surface area (Å²) in [6.07, 6.45) is -2.53. The summed E-state index contributed by atoms with van der Waals surface area (Å²) in [5, 5.41) is 42.9. The molecule has 1 saturated carbocycles. The lowest BCUT2D eigenvalue weighted by molar-refractivity contribution is -0.140. The minimum Gasteiger partial charge on any atom is -0.481 e. The Labute approximate surface area is 337 Å². The van der Waals surface area contributed by atoms with Gasteiger partial charge in [0, 0.05) is 31.2 Å². The largest absolute Gasteiger partial charge is 0.481 e. The Hall–Kier alpha value is -4.75. The number of ketones is 1. The van der Waals surface area contributed by atoms with Gasteiger partial charge in [0.2, 0.25) is 36.0 Å². The summed E-state index contributed by atoms with van der Waals surface area (Å²) in [5.74, 6) is -10.9. The first-order valence-electron chi connectivity index (χ1n) is 19.8. The van der Waals surface area contributed by atoms with E-state index in [-0.39, 0.29) is 18.4 Å². The Bertz CT molecular complexity index is 1440. The van der Waals surface area contributed by atoms with Crippen molar-refractivity contribution in [1.29, 1.82) is 0 Å². The molecule has 1 aliphatic rings. The number of hydrogen-bond acceptors (Lipinski definition) is 10. The summed E-state index contributed by atoms with van der Waals surface area (Å²) in [6, 6.07) is -9.15. The fourth-order valence-electron chi connectivity index (χ4n) is 6.56. The van der Waals surface area contributed by atoms with Gasteiger partial charge in [-0.2, -0.15) is 0 Å². The van der Waals surface area contributed by atoms with Gasteiger partial charge in [-0.15, -0.1) is 0 Å². The van der Waals surface area contributed by atoms with Crippen molar-refractivity contribution in [2.45, 2.75) is 167 Å². The van der Waals surface area contributed by atoms with Crippen molar-refractivity contribution in [2.75, 3.05) is 0 Å². The molecule has 330 valence electrons. The summed E-state index contributed by atoms with van der Waals surface area (Å²) in [5.41, 5.74) is 0. The third-order valence-corrected chi connectivity index (χ3v) is 9.61. The molecule has 1 aliphatic carbocycles. The smallest absolute Gasteiger partial charge is 0.305 e. The second kappa shape index (κ2) is 25.6. The second-order valence-electron chi connectivity index (χ2n) is 15.7. The number of carboxylic acid groups (broad SMARTS) is 3. The highest BCUT2D eigenvalue weighted by molar-refractivity contribution is 5.97. The van der Waals surface area contributed by atoms with Crippen molar-refractivity contribution >= 4 is 53.2 Å². The van der Waals surface area contributed by atoms with Crippen molar-refractivity contribution < 1.29 is 67.3 Å². The summed E-state index contributed by atoms with van der Waals surface area (Å²) >= 11 is 0. The molecule has 5 amide bonds. The van der Waals surface area contributed by atoms with Gasteiger partial charge in [0.1, 0.15) is 24.2 Å². The molecule has 58 heavy (non-hydrogen) atoms. The number of nitrogens with one attached hydrogen (secondary N) is 6. The molecular formula is C38H62F2N6O12. The van der Waals surface area contributed by atoms with Crippen LogP contribution >= 0.6 is 0 Å². The van der Waals surface area contributed by atoms with Crippen molar-refractivity contribution in [3.05, 3.63) is 0 Å². The van der Waals surface area contributed by atoms with Gasteiger partial charge in [0.25, 0.3) is 0 Å². The maximum atomic E-state index is 13.8. The standard InChI is InChI=1S/C38H62F2N6O12/c1-19(2)32(46-35(55)24(13-15-30(49)50)42-37(57)27(18-31(51)52)41-21(5)6)38(58)43-23(12-14-29(47)48)34(54)45-26(16-22-10-8-7-9-11-22)36(56)44-25(17-28(39)40)33(53)20(3)4/h19-28,32,41H,7-18H2,1-6H3,(H,42,57)(H,43,58)(H,44,56)(H,45,54)(H,46,55)(H,47,48)(H,49,50)(H,51,52). The van der Waals surface area contributed by atoms with Crippen LogP contribution in [0.15, 0.2) is 0 Å². The van der Waals surface area contributed by atoms with E-state index in [4.69, 9.17) is 0 Å². The zero-order valence-corrected chi connectivity index (χ0v) is 34.1. The predicted molar refractivity (Wildman–Crippen MR) is 204 cm³/mol. The van der Waals surface area contributed by atoms with Gasteiger partial charge < -0.3 is 47.2 Å². The van der Waals surface area contributed by atoms with Crippen LogP contribution in [0, 0.1) is 17.8 Å². The molecule has 0 aromatic heterocycles. The van der Waals surface area contributed by atoms with E-state index >= 15 is 0 Å². The lowest BCUT2D eigenvalue weighted by Crippen LogP contribution is -2.60. The molecule has 9 N–H and O–H groups in total. The maximum absolute atomic E-state index is 13.8. The Morgan fingerprint density at radius 3 is 1.47 bits per heavy atom. The molecule has 0 radical (unpaired) electrons. The predicted octanol–water partition coefficient (Wildman–Crippen LogP) is 1.49. The number of carbonyl (C=O) groups excluding carboxylic acids is 6. The van der Waals surface area contributed by atoms with Crippen LogP contribution in [0.5, 0.6) is 0 Å². The van der Waals surface area contributed by atoms with E-state index in [0.29, 0.717) is 12.8 Å².